The lowest BCUT2D eigenvalue weighted by atomic mass is 10.1. The van der Waals surface area contributed by atoms with Gasteiger partial charge in [0.25, 0.3) is 11.8 Å². The number of fused-ring (bicyclic) bond motifs is 1. The van der Waals surface area contributed by atoms with Gasteiger partial charge in [0.15, 0.2) is 5.75 Å². The first kappa shape index (κ1) is 14.7. The second-order valence-electron chi connectivity index (χ2n) is 3.70. The monoisotopic (exact) mass is 325 g/mol. The van der Waals surface area contributed by atoms with Crippen molar-refractivity contribution in [2.75, 3.05) is 21.3 Å². The molecule has 1 aliphatic rings. The number of rotatable bonds is 3. The van der Waals surface area contributed by atoms with Crippen LogP contribution in [-0.4, -0.2) is 27.2 Å². The maximum absolute atomic E-state index is 12.0. The van der Waals surface area contributed by atoms with Crippen molar-refractivity contribution in [3.8, 4) is 5.75 Å². The van der Waals surface area contributed by atoms with Crippen molar-refractivity contribution < 1.29 is 19.0 Å². The smallest absolute Gasteiger partial charge is 0.282 e. The summed E-state index contributed by atoms with van der Waals surface area (Å²) in [6.07, 6.45) is 0. The standard InChI is InChI=1S/C11H10Cl3NO4/c1-17-9-6(12)4-5(7(13)8(9)14)11(18-2,19-3)15-10(4)16/h1-3H3,(H,15,16). The highest BCUT2D eigenvalue weighted by molar-refractivity contribution is 6.47. The van der Waals surface area contributed by atoms with Crippen LogP contribution in [0.25, 0.3) is 0 Å². The molecule has 0 saturated heterocycles. The van der Waals surface area contributed by atoms with Gasteiger partial charge in [-0.25, -0.2) is 0 Å². The molecular weight excluding hydrogens is 316 g/mol. The Labute approximate surface area is 124 Å². The fourth-order valence-electron chi connectivity index (χ4n) is 2.00. The van der Waals surface area contributed by atoms with E-state index in [1.165, 1.54) is 21.3 Å². The van der Waals surface area contributed by atoms with Crippen molar-refractivity contribution in [2.24, 2.45) is 0 Å². The summed E-state index contributed by atoms with van der Waals surface area (Å²) in [5, 5.41) is 2.75. The van der Waals surface area contributed by atoms with Gasteiger partial charge in [-0.1, -0.05) is 34.8 Å². The van der Waals surface area contributed by atoms with E-state index in [4.69, 9.17) is 49.0 Å². The molecule has 0 bridgehead atoms. The minimum absolute atomic E-state index is 0.0559. The van der Waals surface area contributed by atoms with Crippen LogP contribution in [0.15, 0.2) is 0 Å². The zero-order valence-electron chi connectivity index (χ0n) is 10.3. The number of hydrogen-bond acceptors (Lipinski definition) is 4. The Balaban J connectivity index is 2.86. The zero-order valence-corrected chi connectivity index (χ0v) is 12.5. The molecule has 1 aromatic carbocycles. The van der Waals surface area contributed by atoms with Crippen LogP contribution in [0.3, 0.4) is 0 Å². The topological polar surface area (TPSA) is 56.8 Å². The molecule has 0 atom stereocenters. The largest absolute Gasteiger partial charge is 0.494 e. The molecule has 0 spiro atoms. The third-order valence-corrected chi connectivity index (χ3v) is 4.09. The molecule has 0 aliphatic carbocycles. The van der Waals surface area contributed by atoms with Crippen molar-refractivity contribution in [1.82, 2.24) is 5.32 Å². The Hall–Kier alpha value is -0.720. The van der Waals surface area contributed by atoms with E-state index in [2.05, 4.69) is 5.32 Å². The van der Waals surface area contributed by atoms with E-state index in [1.807, 2.05) is 0 Å². The van der Waals surface area contributed by atoms with E-state index < -0.39 is 11.8 Å². The lowest BCUT2D eigenvalue weighted by Crippen LogP contribution is -2.42. The van der Waals surface area contributed by atoms with Crippen LogP contribution in [0.4, 0.5) is 0 Å². The van der Waals surface area contributed by atoms with Crippen LogP contribution < -0.4 is 10.1 Å². The number of ether oxygens (including phenoxy) is 3. The summed E-state index contributed by atoms with van der Waals surface area (Å²) < 4.78 is 15.5. The highest BCUT2D eigenvalue weighted by atomic mass is 35.5. The molecule has 0 saturated carbocycles. The first-order chi connectivity index (χ1) is 8.93. The fraction of sp³-hybridized carbons (Fsp3) is 0.364. The van der Waals surface area contributed by atoms with Crippen LogP contribution in [0, 0.1) is 0 Å². The second kappa shape index (κ2) is 5.00. The first-order valence-corrected chi connectivity index (χ1v) is 6.24. The molecule has 0 aromatic heterocycles. The van der Waals surface area contributed by atoms with Gasteiger partial charge in [-0.05, 0) is 0 Å². The van der Waals surface area contributed by atoms with Gasteiger partial charge in [0.1, 0.15) is 5.02 Å². The van der Waals surface area contributed by atoms with E-state index >= 15 is 0 Å². The van der Waals surface area contributed by atoms with Gasteiger partial charge in [-0.3, -0.25) is 10.1 Å². The summed E-state index contributed by atoms with van der Waals surface area (Å²) in [7, 11) is 4.10. The lowest BCUT2D eigenvalue weighted by molar-refractivity contribution is -0.225. The van der Waals surface area contributed by atoms with Gasteiger partial charge in [0, 0.05) is 14.2 Å². The molecule has 0 unspecified atom stereocenters. The van der Waals surface area contributed by atoms with Gasteiger partial charge < -0.3 is 14.2 Å². The van der Waals surface area contributed by atoms with Crippen LogP contribution in [-0.2, 0) is 15.4 Å². The Morgan fingerprint density at radius 3 is 2.05 bits per heavy atom. The van der Waals surface area contributed by atoms with E-state index in [9.17, 15) is 4.79 Å². The fourth-order valence-corrected chi connectivity index (χ4v) is 2.98. The summed E-state index contributed by atoms with van der Waals surface area (Å²) >= 11 is 18.4. The summed E-state index contributed by atoms with van der Waals surface area (Å²) in [5.41, 5.74) is 0.358. The minimum atomic E-state index is -1.51. The Kier molecular flexibility index (Phi) is 3.86. The number of halogens is 3. The maximum atomic E-state index is 12.0. The summed E-state index contributed by atoms with van der Waals surface area (Å²) in [4.78, 5) is 12.0. The van der Waals surface area contributed by atoms with Gasteiger partial charge in [0.05, 0.1) is 28.3 Å². The number of carbonyl (C=O) groups excluding carboxylic acids is 1. The maximum Gasteiger partial charge on any atom is 0.282 e. The number of methoxy groups -OCH3 is 3. The average Bonchev–Trinajstić information content (AvgIpc) is 2.70. The second-order valence-corrected chi connectivity index (χ2v) is 4.84. The third-order valence-electron chi connectivity index (χ3n) is 2.89. The molecule has 104 valence electrons. The van der Waals surface area contributed by atoms with E-state index in [-0.39, 0.29) is 31.9 Å². The summed E-state index contributed by atoms with van der Waals surface area (Å²) in [6.45, 7) is 0. The van der Waals surface area contributed by atoms with Gasteiger partial charge in [-0.2, -0.15) is 0 Å². The van der Waals surface area contributed by atoms with Crippen molar-refractivity contribution in [1.29, 1.82) is 0 Å². The Bertz CT molecular complexity index is 558. The zero-order chi connectivity index (χ0) is 14.4. The van der Waals surface area contributed by atoms with Crippen molar-refractivity contribution in [3.63, 3.8) is 0 Å². The minimum Gasteiger partial charge on any atom is -0.494 e. The number of benzene rings is 1. The van der Waals surface area contributed by atoms with E-state index in [0.29, 0.717) is 0 Å². The predicted molar refractivity (Wildman–Crippen MR) is 71.2 cm³/mol. The van der Waals surface area contributed by atoms with Crippen molar-refractivity contribution in [3.05, 3.63) is 26.2 Å². The highest BCUT2D eigenvalue weighted by Gasteiger charge is 2.49. The Morgan fingerprint density at radius 2 is 1.58 bits per heavy atom. The van der Waals surface area contributed by atoms with Gasteiger partial charge in [-0.15, -0.1) is 0 Å². The molecule has 0 fully saturated rings. The molecule has 1 amide bonds. The molecule has 19 heavy (non-hydrogen) atoms. The number of nitrogens with one attached hydrogen (secondary N) is 1. The van der Waals surface area contributed by atoms with Crippen LogP contribution >= 0.6 is 34.8 Å². The first-order valence-electron chi connectivity index (χ1n) is 5.11. The molecule has 1 N–H and O–H groups in total. The summed E-state index contributed by atoms with van der Waals surface area (Å²) in [5.74, 6) is -1.87. The molecule has 2 rings (SSSR count). The normalized spacial score (nSPS) is 16.2. The summed E-state index contributed by atoms with van der Waals surface area (Å²) in [6, 6.07) is 0. The van der Waals surface area contributed by atoms with Gasteiger partial charge >= 0.3 is 0 Å². The van der Waals surface area contributed by atoms with Crippen molar-refractivity contribution >= 4 is 40.7 Å². The molecule has 1 aliphatic heterocycles. The molecule has 1 heterocycles. The predicted octanol–water partition coefficient (Wildman–Crippen LogP) is 2.80. The molecule has 0 radical (unpaired) electrons. The molecule has 5 nitrogen and oxygen atoms in total. The van der Waals surface area contributed by atoms with Crippen LogP contribution in [0.2, 0.25) is 15.1 Å². The third kappa shape index (κ3) is 1.88. The van der Waals surface area contributed by atoms with Crippen LogP contribution in [0.1, 0.15) is 15.9 Å². The Morgan fingerprint density at radius 1 is 1.00 bits per heavy atom. The number of carbonyl (C=O) groups is 1. The van der Waals surface area contributed by atoms with E-state index in [0.717, 1.165) is 0 Å². The quantitative estimate of drug-likeness (QED) is 0.685. The SMILES string of the molecule is COc1c(Cl)c(Cl)c2c(c1Cl)C(=O)NC2(OC)OC. The van der Waals surface area contributed by atoms with E-state index in [1.54, 1.807) is 0 Å². The van der Waals surface area contributed by atoms with Crippen LogP contribution in [0.5, 0.6) is 5.75 Å². The molecular formula is C11H10Cl3NO4. The number of amides is 1. The van der Waals surface area contributed by atoms with Gasteiger partial charge in [0.2, 0.25) is 0 Å². The molecule has 1 aromatic rings. The van der Waals surface area contributed by atoms with Crippen molar-refractivity contribution in [2.45, 2.75) is 5.91 Å². The average molecular weight is 327 g/mol. The highest BCUT2D eigenvalue weighted by Crippen LogP contribution is 2.49. The lowest BCUT2D eigenvalue weighted by Gasteiger charge is -2.27. The molecule has 8 heteroatoms. The number of hydrogen-bond donors (Lipinski definition) is 1.